The third-order valence-electron chi connectivity index (χ3n) is 6.54. The van der Waals surface area contributed by atoms with Crippen molar-refractivity contribution in [2.45, 2.75) is 26.8 Å². The Kier molecular flexibility index (Phi) is 11.3. The van der Waals surface area contributed by atoms with Crippen LogP contribution in [0.2, 0.25) is 0 Å². The van der Waals surface area contributed by atoms with E-state index in [4.69, 9.17) is 9.73 Å². The van der Waals surface area contributed by atoms with E-state index in [0.717, 1.165) is 77.2 Å². The molecule has 1 aromatic rings. The monoisotopic (exact) mass is 558 g/mol. The lowest BCUT2D eigenvalue weighted by atomic mass is 10.0. The first-order valence-corrected chi connectivity index (χ1v) is 11.9. The summed E-state index contributed by atoms with van der Waals surface area (Å²) in [5, 5.41) is 3.54. The van der Waals surface area contributed by atoms with Crippen LogP contribution in [0.5, 0.6) is 5.75 Å². The van der Waals surface area contributed by atoms with E-state index in [1.54, 1.807) is 7.11 Å². The van der Waals surface area contributed by atoms with Crippen molar-refractivity contribution in [1.82, 2.24) is 20.0 Å². The zero-order valence-electron chi connectivity index (χ0n) is 20.6. The number of para-hydroxylation sites is 2. The molecule has 2 aliphatic heterocycles. The van der Waals surface area contributed by atoms with Gasteiger partial charge in [0.05, 0.1) is 19.3 Å². The second-order valence-corrected chi connectivity index (χ2v) is 8.99. The number of benzene rings is 1. The molecule has 8 heteroatoms. The highest BCUT2D eigenvalue weighted by molar-refractivity contribution is 14.0. The minimum Gasteiger partial charge on any atom is -0.495 e. The molecule has 0 spiro atoms. The van der Waals surface area contributed by atoms with Gasteiger partial charge in [-0.1, -0.05) is 26.0 Å². The number of aliphatic imine (C=N–C) groups is 1. The molecular formula is C24H43IN6O. The van der Waals surface area contributed by atoms with E-state index < -0.39 is 0 Å². The number of nitrogens with one attached hydrogen (secondary N) is 1. The molecule has 1 unspecified atom stereocenters. The van der Waals surface area contributed by atoms with Gasteiger partial charge in [0, 0.05) is 64.9 Å². The predicted molar refractivity (Wildman–Crippen MR) is 146 cm³/mol. The zero-order valence-corrected chi connectivity index (χ0v) is 22.9. The number of guanidine groups is 1. The quantitative estimate of drug-likeness (QED) is 0.316. The van der Waals surface area contributed by atoms with Crippen molar-refractivity contribution in [2.24, 2.45) is 10.9 Å². The summed E-state index contributed by atoms with van der Waals surface area (Å²) in [6.45, 7) is 17.0. The van der Waals surface area contributed by atoms with Gasteiger partial charge in [-0.3, -0.25) is 9.89 Å². The molecule has 3 rings (SSSR count). The lowest BCUT2D eigenvalue weighted by Crippen LogP contribution is -2.54. The van der Waals surface area contributed by atoms with Crippen molar-refractivity contribution < 1.29 is 4.74 Å². The molecule has 7 nitrogen and oxygen atoms in total. The molecule has 32 heavy (non-hydrogen) atoms. The summed E-state index contributed by atoms with van der Waals surface area (Å²) in [5.41, 5.74) is 1.18. The highest BCUT2D eigenvalue weighted by Crippen LogP contribution is 2.28. The Balaban J connectivity index is 0.00000363. The standard InChI is InChI=1S/C24H42N6O.HI/c1-6-25-24(26-19-22(20(2)3)29-13-11-27(4)12-14-29)30-17-15-28(16-18-30)21-9-7-8-10-23(21)31-5;/h7-10,20,22H,6,11-19H2,1-5H3,(H,25,26);1H. The first kappa shape index (κ1) is 27.0. The summed E-state index contributed by atoms with van der Waals surface area (Å²) >= 11 is 0. The van der Waals surface area contributed by atoms with Crippen molar-refractivity contribution in [2.75, 3.05) is 84.5 Å². The Labute approximate surface area is 212 Å². The maximum atomic E-state index is 5.56. The number of methoxy groups -OCH3 is 1. The van der Waals surface area contributed by atoms with Gasteiger partial charge in [-0.2, -0.15) is 0 Å². The Morgan fingerprint density at radius 1 is 1.03 bits per heavy atom. The van der Waals surface area contributed by atoms with Gasteiger partial charge in [-0.05, 0) is 32.0 Å². The summed E-state index contributed by atoms with van der Waals surface area (Å²) in [5.74, 6) is 2.60. The molecule has 0 saturated carbocycles. The van der Waals surface area contributed by atoms with Gasteiger partial charge in [-0.25, -0.2) is 0 Å². The molecule has 2 fully saturated rings. The molecule has 1 aromatic carbocycles. The Bertz CT molecular complexity index is 699. The van der Waals surface area contributed by atoms with Crippen molar-refractivity contribution in [3.8, 4) is 5.75 Å². The van der Waals surface area contributed by atoms with Crippen molar-refractivity contribution in [3.05, 3.63) is 24.3 Å². The number of ether oxygens (including phenoxy) is 1. The van der Waals surface area contributed by atoms with E-state index in [-0.39, 0.29) is 24.0 Å². The normalized spacial score (nSPS) is 19.6. The fraction of sp³-hybridized carbons (Fsp3) is 0.708. The van der Waals surface area contributed by atoms with Crippen LogP contribution in [0.4, 0.5) is 5.69 Å². The average molecular weight is 559 g/mol. The lowest BCUT2D eigenvalue weighted by Gasteiger charge is -2.40. The van der Waals surface area contributed by atoms with Gasteiger partial charge in [-0.15, -0.1) is 24.0 Å². The SMILES string of the molecule is CCNC(=NCC(C(C)C)N1CCN(C)CC1)N1CCN(c2ccccc2OC)CC1.I. The van der Waals surface area contributed by atoms with Crippen LogP contribution in [0.3, 0.4) is 0 Å². The first-order chi connectivity index (χ1) is 15.0. The summed E-state index contributed by atoms with van der Waals surface area (Å²) in [7, 11) is 3.96. The molecule has 0 aromatic heterocycles. The van der Waals surface area contributed by atoms with Crippen LogP contribution in [0.15, 0.2) is 29.3 Å². The van der Waals surface area contributed by atoms with Crippen LogP contribution in [0, 0.1) is 5.92 Å². The highest BCUT2D eigenvalue weighted by Gasteiger charge is 2.26. The van der Waals surface area contributed by atoms with E-state index in [0.29, 0.717) is 12.0 Å². The smallest absolute Gasteiger partial charge is 0.194 e. The van der Waals surface area contributed by atoms with Gasteiger partial charge >= 0.3 is 0 Å². The third-order valence-corrected chi connectivity index (χ3v) is 6.54. The van der Waals surface area contributed by atoms with Crippen molar-refractivity contribution in [1.29, 1.82) is 0 Å². The molecular weight excluding hydrogens is 515 g/mol. The summed E-state index contributed by atoms with van der Waals surface area (Å²) < 4.78 is 5.56. The van der Waals surface area contributed by atoms with Crippen molar-refractivity contribution >= 4 is 35.6 Å². The fourth-order valence-corrected chi connectivity index (χ4v) is 4.56. The number of piperazine rings is 2. The summed E-state index contributed by atoms with van der Waals surface area (Å²) in [6, 6.07) is 8.80. The Morgan fingerprint density at radius 2 is 1.69 bits per heavy atom. The average Bonchev–Trinajstić information content (AvgIpc) is 2.79. The zero-order chi connectivity index (χ0) is 22.2. The minimum atomic E-state index is 0. The molecule has 0 radical (unpaired) electrons. The van der Waals surface area contributed by atoms with E-state index in [2.05, 4.69) is 64.9 Å². The number of hydrogen-bond donors (Lipinski definition) is 1. The van der Waals surface area contributed by atoms with Gasteiger partial charge in [0.1, 0.15) is 5.75 Å². The molecule has 1 N–H and O–H groups in total. The number of halogens is 1. The number of rotatable bonds is 7. The van der Waals surface area contributed by atoms with E-state index in [1.807, 2.05) is 12.1 Å². The number of anilines is 1. The predicted octanol–water partition coefficient (Wildman–Crippen LogP) is 2.67. The third kappa shape index (κ3) is 7.12. The van der Waals surface area contributed by atoms with Crippen LogP contribution in [0.1, 0.15) is 20.8 Å². The molecule has 0 aliphatic carbocycles. The topological polar surface area (TPSA) is 46.6 Å². The second kappa shape index (κ2) is 13.4. The van der Waals surface area contributed by atoms with Gasteiger partial charge in [0.2, 0.25) is 0 Å². The van der Waals surface area contributed by atoms with E-state index in [9.17, 15) is 0 Å². The Morgan fingerprint density at radius 3 is 2.28 bits per heavy atom. The fourth-order valence-electron chi connectivity index (χ4n) is 4.56. The van der Waals surface area contributed by atoms with E-state index >= 15 is 0 Å². The number of hydrogen-bond acceptors (Lipinski definition) is 5. The Hall–Kier alpha value is -1.26. The van der Waals surface area contributed by atoms with Gasteiger partial charge in [0.15, 0.2) is 5.96 Å². The molecule has 2 aliphatic rings. The van der Waals surface area contributed by atoms with Crippen molar-refractivity contribution in [3.63, 3.8) is 0 Å². The van der Waals surface area contributed by atoms with Crippen LogP contribution in [-0.4, -0.2) is 106 Å². The van der Waals surface area contributed by atoms with Gasteiger partial charge in [0.25, 0.3) is 0 Å². The molecule has 182 valence electrons. The lowest BCUT2D eigenvalue weighted by molar-refractivity contribution is 0.0924. The maximum Gasteiger partial charge on any atom is 0.194 e. The summed E-state index contributed by atoms with van der Waals surface area (Å²) in [4.78, 5) is 15.0. The van der Waals surface area contributed by atoms with Crippen LogP contribution in [0.25, 0.3) is 0 Å². The molecule has 0 amide bonds. The number of likely N-dealkylation sites (N-methyl/N-ethyl adjacent to an activating group) is 1. The maximum absolute atomic E-state index is 5.56. The van der Waals surface area contributed by atoms with Crippen LogP contribution < -0.4 is 15.0 Å². The van der Waals surface area contributed by atoms with Crippen LogP contribution in [-0.2, 0) is 0 Å². The molecule has 1 atom stereocenters. The second-order valence-electron chi connectivity index (χ2n) is 8.99. The molecule has 2 heterocycles. The summed E-state index contributed by atoms with van der Waals surface area (Å²) in [6.07, 6.45) is 0. The van der Waals surface area contributed by atoms with Crippen LogP contribution >= 0.6 is 24.0 Å². The van der Waals surface area contributed by atoms with Gasteiger partial charge < -0.3 is 24.8 Å². The minimum absolute atomic E-state index is 0. The molecule has 2 saturated heterocycles. The number of nitrogens with zero attached hydrogens (tertiary/aromatic N) is 5. The largest absolute Gasteiger partial charge is 0.495 e. The first-order valence-electron chi connectivity index (χ1n) is 11.9. The highest BCUT2D eigenvalue weighted by atomic mass is 127. The molecule has 0 bridgehead atoms. The van der Waals surface area contributed by atoms with E-state index in [1.165, 1.54) is 5.69 Å².